The van der Waals surface area contributed by atoms with Gasteiger partial charge in [-0.25, -0.2) is 4.79 Å². The van der Waals surface area contributed by atoms with Crippen molar-refractivity contribution in [2.45, 2.75) is 13.0 Å². The highest BCUT2D eigenvalue weighted by Gasteiger charge is 2.28. The molecule has 15 heavy (non-hydrogen) atoms. The molecule has 0 radical (unpaired) electrons. The van der Waals surface area contributed by atoms with Gasteiger partial charge in [-0.15, -0.1) is 11.3 Å². The van der Waals surface area contributed by atoms with Gasteiger partial charge < -0.3 is 10.0 Å². The van der Waals surface area contributed by atoms with Crippen LogP contribution in [0, 0.1) is 0 Å². The number of carboxylic acids is 1. The normalized spacial score (nSPS) is 12.1. The van der Waals surface area contributed by atoms with E-state index in [4.69, 9.17) is 5.11 Å². The number of carbonyl (C=O) groups excluding carboxylic acids is 1. The van der Waals surface area contributed by atoms with Crippen molar-refractivity contribution in [3.05, 3.63) is 20.8 Å². The molecule has 4 nitrogen and oxygen atoms in total. The second-order valence-corrected chi connectivity index (χ2v) is 4.61. The van der Waals surface area contributed by atoms with E-state index in [0.717, 1.165) is 4.47 Å². The van der Waals surface area contributed by atoms with Crippen LogP contribution in [0.25, 0.3) is 0 Å². The van der Waals surface area contributed by atoms with E-state index < -0.39 is 12.0 Å². The molecule has 0 aliphatic heterocycles. The lowest BCUT2D eigenvalue weighted by Gasteiger charge is -2.22. The van der Waals surface area contributed by atoms with Crippen LogP contribution in [-0.4, -0.2) is 28.9 Å². The van der Waals surface area contributed by atoms with Crippen LogP contribution >= 0.6 is 27.3 Å². The Morgan fingerprint density at radius 3 is 2.80 bits per heavy atom. The summed E-state index contributed by atoms with van der Waals surface area (Å²) in [6.07, 6.45) is 0.560. The molecule has 1 aromatic rings. The van der Waals surface area contributed by atoms with Crippen molar-refractivity contribution in [2.24, 2.45) is 0 Å². The number of halogens is 1. The largest absolute Gasteiger partial charge is 0.479 e. The van der Waals surface area contributed by atoms with Crippen LogP contribution in [0.2, 0.25) is 0 Å². The first kappa shape index (κ1) is 12.2. The fraction of sp³-hybridized carbons (Fsp3) is 0.333. The number of carboxylic acid groups (broad SMARTS) is 1. The van der Waals surface area contributed by atoms with E-state index in [2.05, 4.69) is 15.9 Å². The molecule has 6 heteroatoms. The van der Waals surface area contributed by atoms with E-state index in [-0.39, 0.29) is 0 Å². The standard InChI is InChI=1S/C9H10BrNO3S/c1-2-11(5-12)7(9(13)14)8-6(10)3-4-15-8/h3-5,7H,2H2,1H3,(H,13,14). The zero-order valence-electron chi connectivity index (χ0n) is 8.01. The van der Waals surface area contributed by atoms with E-state index in [9.17, 15) is 9.59 Å². The third-order valence-electron chi connectivity index (χ3n) is 1.96. The minimum atomic E-state index is -1.02. The molecule has 0 saturated heterocycles. The van der Waals surface area contributed by atoms with Crippen molar-refractivity contribution in [3.63, 3.8) is 0 Å². The van der Waals surface area contributed by atoms with Crippen molar-refractivity contribution >= 4 is 39.6 Å². The summed E-state index contributed by atoms with van der Waals surface area (Å²) in [6, 6.07) is 0.871. The molecule has 0 aliphatic carbocycles. The number of thiophene rings is 1. The van der Waals surface area contributed by atoms with Crippen molar-refractivity contribution < 1.29 is 14.7 Å². The van der Waals surface area contributed by atoms with Gasteiger partial charge in [0.05, 0.1) is 4.88 Å². The van der Waals surface area contributed by atoms with E-state index in [1.54, 1.807) is 18.4 Å². The number of aliphatic carboxylic acids is 1. The first-order chi connectivity index (χ1) is 7.11. The van der Waals surface area contributed by atoms with Gasteiger partial charge in [0.15, 0.2) is 6.04 Å². The molecule has 0 aliphatic rings. The Kier molecular flexibility index (Phi) is 4.28. The number of amides is 1. The number of nitrogens with zero attached hydrogens (tertiary/aromatic N) is 1. The van der Waals surface area contributed by atoms with E-state index >= 15 is 0 Å². The molecule has 0 spiro atoms. The molecule has 0 bridgehead atoms. The molecule has 0 fully saturated rings. The van der Waals surface area contributed by atoms with Crippen molar-refractivity contribution in [1.82, 2.24) is 4.90 Å². The summed E-state index contributed by atoms with van der Waals surface area (Å²) in [5.74, 6) is -1.02. The average Bonchev–Trinajstić information content (AvgIpc) is 2.60. The van der Waals surface area contributed by atoms with Crippen molar-refractivity contribution in [3.8, 4) is 0 Å². The van der Waals surface area contributed by atoms with Gasteiger partial charge in [0, 0.05) is 11.0 Å². The summed E-state index contributed by atoms with van der Waals surface area (Å²) in [6.45, 7) is 2.11. The molecule has 1 amide bonds. The highest BCUT2D eigenvalue weighted by atomic mass is 79.9. The van der Waals surface area contributed by atoms with Crippen LogP contribution in [0.15, 0.2) is 15.9 Å². The van der Waals surface area contributed by atoms with Crippen LogP contribution in [0.5, 0.6) is 0 Å². The number of hydrogen-bond donors (Lipinski definition) is 1. The Bertz CT molecular complexity index is 366. The Hall–Kier alpha value is -0.880. The minimum absolute atomic E-state index is 0.366. The summed E-state index contributed by atoms with van der Waals surface area (Å²) in [7, 11) is 0. The Morgan fingerprint density at radius 2 is 2.47 bits per heavy atom. The smallest absolute Gasteiger partial charge is 0.332 e. The molecule has 0 saturated carbocycles. The number of likely N-dealkylation sites (N-methyl/N-ethyl adjacent to an activating group) is 1. The zero-order valence-corrected chi connectivity index (χ0v) is 10.4. The Balaban J connectivity index is 3.08. The van der Waals surface area contributed by atoms with E-state index in [1.165, 1.54) is 16.2 Å². The molecular weight excluding hydrogens is 282 g/mol. The second-order valence-electron chi connectivity index (χ2n) is 2.81. The molecule has 1 unspecified atom stereocenters. The van der Waals surface area contributed by atoms with Gasteiger partial charge >= 0.3 is 5.97 Å². The summed E-state index contributed by atoms with van der Waals surface area (Å²) in [5.41, 5.74) is 0. The summed E-state index contributed by atoms with van der Waals surface area (Å²) in [5, 5.41) is 10.9. The Labute approximate surface area is 99.6 Å². The monoisotopic (exact) mass is 291 g/mol. The van der Waals surface area contributed by atoms with Crippen LogP contribution in [0.4, 0.5) is 0 Å². The van der Waals surface area contributed by atoms with E-state index in [0.29, 0.717) is 17.8 Å². The quantitative estimate of drug-likeness (QED) is 0.846. The van der Waals surface area contributed by atoms with Gasteiger partial charge in [-0.2, -0.15) is 0 Å². The highest BCUT2D eigenvalue weighted by Crippen LogP contribution is 2.32. The number of rotatable bonds is 5. The van der Waals surface area contributed by atoms with Crippen LogP contribution in [0.3, 0.4) is 0 Å². The third-order valence-corrected chi connectivity index (χ3v) is 3.88. The Morgan fingerprint density at radius 1 is 1.80 bits per heavy atom. The van der Waals surface area contributed by atoms with Crippen LogP contribution < -0.4 is 0 Å². The van der Waals surface area contributed by atoms with Crippen molar-refractivity contribution in [2.75, 3.05) is 6.54 Å². The first-order valence-electron chi connectivity index (χ1n) is 4.28. The molecule has 1 N–H and O–H groups in total. The average molecular weight is 292 g/mol. The fourth-order valence-corrected chi connectivity index (χ4v) is 2.92. The molecule has 1 rings (SSSR count). The van der Waals surface area contributed by atoms with E-state index in [1.807, 2.05) is 0 Å². The lowest BCUT2D eigenvalue weighted by atomic mass is 10.2. The van der Waals surface area contributed by atoms with Gasteiger partial charge in [-0.1, -0.05) is 0 Å². The predicted molar refractivity (Wildman–Crippen MR) is 60.8 cm³/mol. The van der Waals surface area contributed by atoms with Gasteiger partial charge in [0.25, 0.3) is 0 Å². The molecule has 1 heterocycles. The van der Waals surface area contributed by atoms with Gasteiger partial charge in [0.2, 0.25) is 6.41 Å². The number of carbonyl (C=O) groups is 2. The van der Waals surface area contributed by atoms with Gasteiger partial charge in [0.1, 0.15) is 0 Å². The lowest BCUT2D eigenvalue weighted by molar-refractivity contribution is -0.146. The molecule has 0 aromatic carbocycles. The van der Waals surface area contributed by atoms with Crippen LogP contribution in [0.1, 0.15) is 17.8 Å². The SMILES string of the molecule is CCN(C=O)C(C(=O)O)c1sccc1Br. The molecular formula is C9H10BrNO3S. The second kappa shape index (κ2) is 5.27. The first-order valence-corrected chi connectivity index (χ1v) is 5.95. The maximum Gasteiger partial charge on any atom is 0.332 e. The number of hydrogen-bond acceptors (Lipinski definition) is 3. The predicted octanol–water partition coefficient (Wildman–Crippen LogP) is 2.11. The lowest BCUT2D eigenvalue weighted by Crippen LogP contribution is -2.32. The molecule has 1 aromatic heterocycles. The maximum absolute atomic E-state index is 11.1. The summed E-state index contributed by atoms with van der Waals surface area (Å²) >= 11 is 4.58. The summed E-state index contributed by atoms with van der Waals surface area (Å²) < 4.78 is 0.722. The zero-order chi connectivity index (χ0) is 11.4. The highest BCUT2D eigenvalue weighted by molar-refractivity contribution is 9.10. The van der Waals surface area contributed by atoms with Gasteiger partial charge in [-0.05, 0) is 34.3 Å². The van der Waals surface area contributed by atoms with Crippen LogP contribution in [-0.2, 0) is 9.59 Å². The molecule has 1 atom stereocenters. The summed E-state index contributed by atoms with van der Waals surface area (Å²) in [4.78, 5) is 23.7. The maximum atomic E-state index is 11.1. The minimum Gasteiger partial charge on any atom is -0.479 e. The van der Waals surface area contributed by atoms with Crippen molar-refractivity contribution in [1.29, 1.82) is 0 Å². The topological polar surface area (TPSA) is 57.6 Å². The fourth-order valence-electron chi connectivity index (χ4n) is 1.22. The van der Waals surface area contributed by atoms with Gasteiger partial charge in [-0.3, -0.25) is 4.79 Å². The molecule has 82 valence electrons. The third kappa shape index (κ3) is 2.57.